The average molecular weight is 325 g/mol. The Labute approximate surface area is 144 Å². The molecule has 5 N–H and O–H groups in total. The number of hydrogen-bond donors (Lipinski definition) is 3. The molecule has 0 aliphatic rings. The molecule has 0 aromatic heterocycles. The zero-order valence-corrected chi connectivity index (χ0v) is 15.4. The predicted molar refractivity (Wildman–Crippen MR) is 103 cm³/mol. The Bertz CT molecular complexity index is 283. The third-order valence-corrected chi connectivity index (χ3v) is 4.01. The van der Waals surface area contributed by atoms with Gasteiger partial charge in [-0.3, -0.25) is 0 Å². The van der Waals surface area contributed by atoms with Crippen LogP contribution in [-0.2, 0) is 0 Å². The molecule has 4 nitrogen and oxygen atoms in total. The lowest BCUT2D eigenvalue weighted by Gasteiger charge is -2.02. The van der Waals surface area contributed by atoms with E-state index in [4.69, 9.17) is 11.5 Å². The summed E-state index contributed by atoms with van der Waals surface area (Å²) in [5.74, 6) is 0.106. The van der Waals surface area contributed by atoms with E-state index < -0.39 is 0 Å². The lowest BCUT2D eigenvalue weighted by atomic mass is 10.1. The topological polar surface area (TPSA) is 76.4 Å². The molecule has 0 saturated heterocycles. The van der Waals surface area contributed by atoms with Crippen molar-refractivity contribution in [2.45, 2.75) is 96.8 Å². The van der Waals surface area contributed by atoms with Crippen molar-refractivity contribution >= 4 is 5.96 Å². The molecule has 0 fully saturated rings. The van der Waals surface area contributed by atoms with Crippen LogP contribution in [-0.4, -0.2) is 12.5 Å². The number of nitrogens with two attached hydrogens (primary N) is 2. The third-order valence-electron chi connectivity index (χ3n) is 4.01. The number of allylic oxidation sites excluding steroid dienone is 2. The van der Waals surface area contributed by atoms with Crippen LogP contribution in [0.5, 0.6) is 0 Å². The molecule has 0 aliphatic heterocycles. The fourth-order valence-electron chi connectivity index (χ4n) is 2.60. The minimum absolute atomic E-state index is 0.106. The van der Waals surface area contributed by atoms with Crippen molar-refractivity contribution in [1.82, 2.24) is 5.43 Å². The van der Waals surface area contributed by atoms with Gasteiger partial charge in [-0.1, -0.05) is 76.9 Å². The maximum atomic E-state index is 5.22. The predicted octanol–water partition coefficient (Wildman–Crippen LogP) is 4.80. The summed E-state index contributed by atoms with van der Waals surface area (Å²) in [6.07, 6.45) is 23.4. The average Bonchev–Trinajstić information content (AvgIpc) is 2.53. The number of unbranched alkanes of at least 4 members (excludes halogenated alkanes) is 12. The first-order chi connectivity index (χ1) is 11.3. The molecule has 0 spiro atoms. The Kier molecular flexibility index (Phi) is 17.9. The van der Waals surface area contributed by atoms with E-state index in [2.05, 4.69) is 29.6 Å². The number of hydrogen-bond acceptors (Lipinski definition) is 2. The van der Waals surface area contributed by atoms with Crippen molar-refractivity contribution in [3.8, 4) is 0 Å². The van der Waals surface area contributed by atoms with Crippen LogP contribution in [0.15, 0.2) is 17.3 Å². The molecular formula is C19H40N4. The largest absolute Gasteiger partial charge is 0.369 e. The minimum Gasteiger partial charge on any atom is -0.369 e. The second kappa shape index (κ2) is 18.9. The van der Waals surface area contributed by atoms with Gasteiger partial charge in [0.25, 0.3) is 0 Å². The van der Waals surface area contributed by atoms with Crippen LogP contribution in [0.3, 0.4) is 0 Å². The Balaban J connectivity index is 3.09. The first kappa shape index (κ1) is 21.8. The number of guanidine groups is 1. The molecule has 0 bridgehead atoms. The fraction of sp³-hybridized carbons (Fsp3) is 0.842. The highest BCUT2D eigenvalue weighted by Crippen LogP contribution is 2.09. The number of nitrogens with one attached hydrogen (secondary N) is 1. The molecule has 0 unspecified atom stereocenters. The van der Waals surface area contributed by atoms with Crippen LogP contribution in [0.25, 0.3) is 0 Å². The Morgan fingerprint density at radius 2 is 1.22 bits per heavy atom. The lowest BCUT2D eigenvalue weighted by Crippen LogP contribution is -2.26. The van der Waals surface area contributed by atoms with Gasteiger partial charge in [0.1, 0.15) is 0 Å². The number of nitrogens with zero attached hydrogens (tertiary/aromatic N) is 1. The SMILES string of the molecule is CCCCCCCC/C=C\CCCCCCCCNN=C(N)N. The number of rotatable bonds is 17. The summed E-state index contributed by atoms with van der Waals surface area (Å²) in [5, 5.41) is 3.75. The lowest BCUT2D eigenvalue weighted by molar-refractivity contribution is 0.574. The smallest absolute Gasteiger partial charge is 0.208 e. The van der Waals surface area contributed by atoms with Crippen molar-refractivity contribution in [1.29, 1.82) is 0 Å². The van der Waals surface area contributed by atoms with E-state index in [9.17, 15) is 0 Å². The van der Waals surface area contributed by atoms with E-state index in [1.165, 1.54) is 83.5 Å². The molecule has 0 rings (SSSR count). The quantitative estimate of drug-likeness (QED) is 0.118. The molecule has 23 heavy (non-hydrogen) atoms. The van der Waals surface area contributed by atoms with Crippen molar-refractivity contribution in [2.75, 3.05) is 6.54 Å². The van der Waals surface area contributed by atoms with Crippen LogP contribution in [0.1, 0.15) is 96.8 Å². The highest BCUT2D eigenvalue weighted by Gasteiger charge is 1.91. The van der Waals surface area contributed by atoms with E-state index in [-0.39, 0.29) is 5.96 Å². The van der Waals surface area contributed by atoms with Crippen molar-refractivity contribution < 1.29 is 0 Å². The zero-order chi connectivity index (χ0) is 17.0. The standard InChI is InChI=1S/C19H40N4/c1-2-3-4-5-6-7-8-9-10-11-12-13-14-15-16-17-18-22-23-19(20)21/h9-10,22H,2-8,11-18H2,1H3,(H4,20,21,23)/b10-9-. The van der Waals surface area contributed by atoms with E-state index in [1.807, 2.05) is 0 Å². The van der Waals surface area contributed by atoms with Gasteiger partial charge in [0.05, 0.1) is 0 Å². The van der Waals surface area contributed by atoms with Gasteiger partial charge in [0.2, 0.25) is 5.96 Å². The second-order valence-electron chi connectivity index (χ2n) is 6.38. The minimum atomic E-state index is 0.106. The summed E-state index contributed by atoms with van der Waals surface area (Å²) >= 11 is 0. The Morgan fingerprint density at radius 1 is 0.739 bits per heavy atom. The molecule has 0 saturated carbocycles. The van der Waals surface area contributed by atoms with Gasteiger partial charge in [0.15, 0.2) is 0 Å². The summed E-state index contributed by atoms with van der Waals surface area (Å²) in [6.45, 7) is 3.13. The van der Waals surface area contributed by atoms with Crippen molar-refractivity contribution in [3.63, 3.8) is 0 Å². The number of hydrazone groups is 1. The van der Waals surface area contributed by atoms with E-state index >= 15 is 0 Å². The van der Waals surface area contributed by atoms with Crippen molar-refractivity contribution in [2.24, 2.45) is 16.6 Å². The molecule has 4 heteroatoms. The van der Waals surface area contributed by atoms with Crippen LogP contribution in [0.2, 0.25) is 0 Å². The maximum Gasteiger partial charge on any atom is 0.208 e. The van der Waals surface area contributed by atoms with Crippen LogP contribution >= 0.6 is 0 Å². The molecule has 0 radical (unpaired) electrons. The monoisotopic (exact) mass is 324 g/mol. The highest BCUT2D eigenvalue weighted by atomic mass is 15.3. The molecule has 0 atom stereocenters. The van der Waals surface area contributed by atoms with Crippen LogP contribution in [0.4, 0.5) is 0 Å². The summed E-state index contributed by atoms with van der Waals surface area (Å²) < 4.78 is 0. The van der Waals surface area contributed by atoms with E-state index in [0.717, 1.165) is 13.0 Å². The molecule has 0 aliphatic carbocycles. The van der Waals surface area contributed by atoms with Crippen LogP contribution in [0, 0.1) is 0 Å². The highest BCUT2D eigenvalue weighted by molar-refractivity contribution is 5.75. The molecule has 0 aromatic rings. The molecular weight excluding hydrogens is 284 g/mol. The zero-order valence-electron chi connectivity index (χ0n) is 15.4. The third kappa shape index (κ3) is 20.8. The van der Waals surface area contributed by atoms with Crippen molar-refractivity contribution in [3.05, 3.63) is 12.2 Å². The second-order valence-corrected chi connectivity index (χ2v) is 6.38. The van der Waals surface area contributed by atoms with Crippen LogP contribution < -0.4 is 16.9 Å². The molecule has 0 amide bonds. The summed E-state index contributed by atoms with van der Waals surface area (Å²) in [4.78, 5) is 0. The Hall–Kier alpha value is -1.19. The fourth-order valence-corrected chi connectivity index (χ4v) is 2.60. The maximum absolute atomic E-state index is 5.22. The van der Waals surface area contributed by atoms with Gasteiger partial charge in [-0.15, -0.1) is 5.10 Å². The van der Waals surface area contributed by atoms with E-state index in [0.29, 0.717) is 0 Å². The summed E-state index contributed by atoms with van der Waals surface area (Å²) in [5.41, 5.74) is 13.3. The first-order valence-corrected chi connectivity index (χ1v) is 9.74. The molecule has 0 heterocycles. The molecule has 136 valence electrons. The summed E-state index contributed by atoms with van der Waals surface area (Å²) in [6, 6.07) is 0. The van der Waals surface area contributed by atoms with Gasteiger partial charge >= 0.3 is 0 Å². The Morgan fingerprint density at radius 3 is 1.74 bits per heavy atom. The van der Waals surface area contributed by atoms with Gasteiger partial charge < -0.3 is 16.9 Å². The van der Waals surface area contributed by atoms with Gasteiger partial charge in [0, 0.05) is 6.54 Å². The van der Waals surface area contributed by atoms with Gasteiger partial charge in [-0.25, -0.2) is 0 Å². The first-order valence-electron chi connectivity index (χ1n) is 9.74. The van der Waals surface area contributed by atoms with Gasteiger partial charge in [-0.05, 0) is 32.1 Å². The normalized spacial score (nSPS) is 11.0. The molecule has 0 aromatic carbocycles. The summed E-state index contributed by atoms with van der Waals surface area (Å²) in [7, 11) is 0. The van der Waals surface area contributed by atoms with Gasteiger partial charge in [-0.2, -0.15) is 0 Å². The van der Waals surface area contributed by atoms with E-state index in [1.54, 1.807) is 0 Å².